The second-order valence-corrected chi connectivity index (χ2v) is 2.66. The fourth-order valence-corrected chi connectivity index (χ4v) is 0.815. The van der Waals surface area contributed by atoms with Gasteiger partial charge in [-0.25, -0.2) is 4.39 Å². The van der Waals surface area contributed by atoms with E-state index in [0.717, 1.165) is 0 Å². The molecule has 2 N–H and O–H groups in total. The Hall–Kier alpha value is -1.25. The first-order valence-corrected chi connectivity index (χ1v) is 3.81. The maximum Gasteiger partial charge on any atom is 0.131 e. The molecule has 3 heteroatoms. The largest absolute Gasteiger partial charge is 0.491 e. The first kappa shape index (κ1) is 8.84. The lowest BCUT2D eigenvalue weighted by molar-refractivity contribution is 0.210. The fourth-order valence-electron chi connectivity index (χ4n) is 0.815. The molecule has 0 fully saturated rings. The maximum absolute atomic E-state index is 12.3. The van der Waals surface area contributed by atoms with E-state index in [2.05, 4.69) is 0 Å². The smallest absolute Gasteiger partial charge is 0.131 e. The van der Waals surface area contributed by atoms with Gasteiger partial charge in [-0.3, -0.25) is 0 Å². The second kappa shape index (κ2) is 3.95. The van der Waals surface area contributed by atoms with Gasteiger partial charge in [0.15, 0.2) is 0 Å². The zero-order valence-corrected chi connectivity index (χ0v) is 6.96. The lowest BCUT2D eigenvalue weighted by Crippen LogP contribution is -2.08. The summed E-state index contributed by atoms with van der Waals surface area (Å²) in [7, 11) is 0. The number of anilines is 1. The lowest BCUT2D eigenvalue weighted by Gasteiger charge is -2.06. The van der Waals surface area contributed by atoms with Gasteiger partial charge in [-0.1, -0.05) is 6.07 Å². The number of benzene rings is 1. The van der Waals surface area contributed by atoms with E-state index in [1.54, 1.807) is 24.3 Å². The highest BCUT2D eigenvalue weighted by molar-refractivity contribution is 5.43. The highest BCUT2D eigenvalue weighted by atomic mass is 19.1. The minimum absolute atomic E-state index is 0.0729. The van der Waals surface area contributed by atoms with Crippen LogP contribution in [-0.2, 0) is 0 Å². The van der Waals surface area contributed by atoms with Crippen LogP contribution in [0.2, 0.25) is 0 Å². The molecule has 0 aromatic heterocycles. The normalized spacial score (nSPS) is 12.5. The van der Waals surface area contributed by atoms with Gasteiger partial charge in [0.05, 0.1) is 0 Å². The summed E-state index contributed by atoms with van der Waals surface area (Å²) in [6, 6.07) is 6.94. The molecule has 0 bridgehead atoms. The minimum Gasteiger partial charge on any atom is -0.491 e. The van der Waals surface area contributed by atoms with Crippen LogP contribution in [0, 0.1) is 0 Å². The molecule has 12 heavy (non-hydrogen) atoms. The van der Waals surface area contributed by atoms with E-state index >= 15 is 0 Å². The molecule has 0 spiro atoms. The van der Waals surface area contributed by atoms with E-state index in [0.29, 0.717) is 11.4 Å². The Balaban J connectivity index is 2.52. The molecule has 0 radical (unpaired) electrons. The number of hydrogen-bond donors (Lipinski definition) is 1. The molecule has 0 unspecified atom stereocenters. The molecule has 0 amide bonds. The van der Waals surface area contributed by atoms with Crippen molar-refractivity contribution in [3.8, 4) is 5.75 Å². The van der Waals surface area contributed by atoms with Crippen molar-refractivity contribution in [3.63, 3.8) is 0 Å². The number of rotatable bonds is 3. The Labute approximate surface area is 71.1 Å². The molecular formula is C9H12FNO. The zero-order valence-electron chi connectivity index (χ0n) is 6.96. The van der Waals surface area contributed by atoms with Gasteiger partial charge in [-0.15, -0.1) is 0 Å². The Morgan fingerprint density at radius 3 is 2.92 bits per heavy atom. The zero-order chi connectivity index (χ0) is 8.97. The van der Waals surface area contributed by atoms with Crippen molar-refractivity contribution < 1.29 is 9.13 Å². The van der Waals surface area contributed by atoms with Crippen molar-refractivity contribution in [2.75, 3.05) is 12.3 Å². The van der Waals surface area contributed by atoms with Crippen LogP contribution in [0.3, 0.4) is 0 Å². The third-order valence-corrected chi connectivity index (χ3v) is 1.34. The number of alkyl halides is 1. The molecule has 0 aliphatic carbocycles. The molecule has 1 atom stereocenters. The van der Waals surface area contributed by atoms with Crippen molar-refractivity contribution in [1.82, 2.24) is 0 Å². The summed E-state index contributed by atoms with van der Waals surface area (Å²) in [5.41, 5.74) is 6.12. The van der Waals surface area contributed by atoms with E-state index in [-0.39, 0.29) is 6.61 Å². The van der Waals surface area contributed by atoms with Crippen LogP contribution in [0.25, 0.3) is 0 Å². The summed E-state index contributed by atoms with van der Waals surface area (Å²) in [6.07, 6.45) is -0.952. The quantitative estimate of drug-likeness (QED) is 0.702. The Morgan fingerprint density at radius 1 is 1.58 bits per heavy atom. The minimum atomic E-state index is -0.952. The predicted octanol–water partition coefficient (Wildman–Crippen LogP) is 2.01. The molecular weight excluding hydrogens is 157 g/mol. The van der Waals surface area contributed by atoms with Crippen molar-refractivity contribution in [2.45, 2.75) is 13.1 Å². The van der Waals surface area contributed by atoms with Gasteiger partial charge in [-0.05, 0) is 19.1 Å². The summed E-state index contributed by atoms with van der Waals surface area (Å²) < 4.78 is 17.4. The van der Waals surface area contributed by atoms with Gasteiger partial charge >= 0.3 is 0 Å². The molecule has 0 saturated heterocycles. The van der Waals surface area contributed by atoms with Crippen LogP contribution >= 0.6 is 0 Å². The van der Waals surface area contributed by atoms with E-state index in [9.17, 15) is 4.39 Å². The number of nitrogens with two attached hydrogens (primary N) is 1. The topological polar surface area (TPSA) is 35.2 Å². The average molecular weight is 169 g/mol. The van der Waals surface area contributed by atoms with Gasteiger partial charge in [0.2, 0.25) is 0 Å². The van der Waals surface area contributed by atoms with Crippen LogP contribution < -0.4 is 10.5 Å². The third kappa shape index (κ3) is 2.78. The third-order valence-electron chi connectivity index (χ3n) is 1.34. The fraction of sp³-hybridized carbons (Fsp3) is 0.333. The van der Waals surface area contributed by atoms with Gasteiger partial charge in [-0.2, -0.15) is 0 Å². The first-order chi connectivity index (χ1) is 5.68. The summed E-state index contributed by atoms with van der Waals surface area (Å²) >= 11 is 0. The molecule has 1 rings (SSSR count). The van der Waals surface area contributed by atoms with E-state index in [1.807, 2.05) is 0 Å². The summed E-state index contributed by atoms with van der Waals surface area (Å²) in [5.74, 6) is 0.611. The molecule has 0 heterocycles. The van der Waals surface area contributed by atoms with Crippen LogP contribution in [0.15, 0.2) is 24.3 Å². The van der Waals surface area contributed by atoms with Gasteiger partial charge < -0.3 is 10.5 Å². The Morgan fingerprint density at radius 2 is 2.33 bits per heavy atom. The predicted molar refractivity (Wildman–Crippen MR) is 46.9 cm³/mol. The van der Waals surface area contributed by atoms with Crippen LogP contribution in [0.5, 0.6) is 5.75 Å². The van der Waals surface area contributed by atoms with E-state index in [4.69, 9.17) is 10.5 Å². The number of ether oxygens (including phenoxy) is 1. The van der Waals surface area contributed by atoms with E-state index < -0.39 is 6.17 Å². The summed E-state index contributed by atoms with van der Waals surface area (Å²) in [4.78, 5) is 0. The monoisotopic (exact) mass is 169 g/mol. The van der Waals surface area contributed by atoms with Crippen LogP contribution in [-0.4, -0.2) is 12.8 Å². The van der Waals surface area contributed by atoms with E-state index in [1.165, 1.54) is 6.92 Å². The molecule has 0 aliphatic rings. The first-order valence-electron chi connectivity index (χ1n) is 3.81. The molecule has 2 nitrogen and oxygen atoms in total. The van der Waals surface area contributed by atoms with Crippen molar-refractivity contribution in [3.05, 3.63) is 24.3 Å². The number of hydrogen-bond acceptors (Lipinski definition) is 2. The van der Waals surface area contributed by atoms with Crippen molar-refractivity contribution in [2.24, 2.45) is 0 Å². The number of halogens is 1. The van der Waals surface area contributed by atoms with Gasteiger partial charge in [0.25, 0.3) is 0 Å². The lowest BCUT2D eigenvalue weighted by atomic mass is 10.3. The maximum atomic E-state index is 12.3. The SMILES string of the molecule is C[C@H](F)COc1cccc(N)c1. The van der Waals surface area contributed by atoms with Gasteiger partial charge in [0.1, 0.15) is 18.5 Å². The Kier molecular flexibility index (Phi) is 2.91. The molecule has 0 saturated carbocycles. The molecule has 1 aromatic rings. The van der Waals surface area contributed by atoms with Crippen molar-refractivity contribution >= 4 is 5.69 Å². The molecule has 0 aliphatic heterocycles. The molecule has 1 aromatic carbocycles. The summed E-state index contributed by atoms with van der Waals surface area (Å²) in [5, 5.41) is 0. The van der Waals surface area contributed by atoms with Crippen LogP contribution in [0.1, 0.15) is 6.92 Å². The number of nitrogen functional groups attached to an aromatic ring is 1. The second-order valence-electron chi connectivity index (χ2n) is 2.66. The molecule has 66 valence electrons. The highest BCUT2D eigenvalue weighted by Crippen LogP contribution is 2.14. The van der Waals surface area contributed by atoms with Crippen LogP contribution in [0.4, 0.5) is 10.1 Å². The van der Waals surface area contributed by atoms with Crippen molar-refractivity contribution in [1.29, 1.82) is 0 Å². The summed E-state index contributed by atoms with van der Waals surface area (Å²) in [6.45, 7) is 1.52. The van der Waals surface area contributed by atoms with Gasteiger partial charge in [0, 0.05) is 11.8 Å². The average Bonchev–Trinajstić information content (AvgIpc) is 2.01. The standard InChI is InChI=1S/C9H12FNO/c1-7(10)6-12-9-4-2-3-8(11)5-9/h2-5,7H,6,11H2,1H3/t7-/m0/s1. The highest BCUT2D eigenvalue weighted by Gasteiger charge is 1.99. The Bertz CT molecular complexity index is 250.